The SMILES string of the molecule is OCCOc1cc(CO)cc(OCCO)c1. The third kappa shape index (κ3) is 4.06. The van der Waals surface area contributed by atoms with Crippen molar-refractivity contribution in [1.82, 2.24) is 0 Å². The lowest BCUT2D eigenvalue weighted by Gasteiger charge is -2.10. The van der Waals surface area contributed by atoms with E-state index in [0.29, 0.717) is 17.1 Å². The maximum atomic E-state index is 9.03. The lowest BCUT2D eigenvalue weighted by molar-refractivity contribution is 0.193. The van der Waals surface area contributed by atoms with Crippen molar-refractivity contribution in [2.45, 2.75) is 6.61 Å². The normalized spacial score (nSPS) is 10.2. The zero-order chi connectivity index (χ0) is 11.8. The van der Waals surface area contributed by atoms with Crippen LogP contribution in [0.5, 0.6) is 11.5 Å². The summed E-state index contributed by atoms with van der Waals surface area (Å²) in [5.74, 6) is 1.04. The van der Waals surface area contributed by atoms with Crippen molar-refractivity contribution >= 4 is 0 Å². The van der Waals surface area contributed by atoms with Crippen molar-refractivity contribution in [3.63, 3.8) is 0 Å². The lowest BCUT2D eigenvalue weighted by atomic mass is 10.2. The van der Waals surface area contributed by atoms with Crippen molar-refractivity contribution in [2.24, 2.45) is 0 Å². The average molecular weight is 228 g/mol. The summed E-state index contributed by atoms with van der Waals surface area (Å²) in [6.07, 6.45) is 0. The molecular formula is C11H16O5. The highest BCUT2D eigenvalue weighted by Gasteiger charge is 2.02. The predicted molar refractivity (Wildman–Crippen MR) is 57.5 cm³/mol. The summed E-state index contributed by atoms with van der Waals surface area (Å²) in [6.45, 7) is 0.112. The highest BCUT2D eigenvalue weighted by atomic mass is 16.5. The van der Waals surface area contributed by atoms with Crippen LogP contribution in [-0.4, -0.2) is 41.7 Å². The van der Waals surface area contributed by atoms with Crippen molar-refractivity contribution in [2.75, 3.05) is 26.4 Å². The van der Waals surface area contributed by atoms with Gasteiger partial charge in [0.15, 0.2) is 0 Å². The van der Waals surface area contributed by atoms with Crippen LogP contribution in [0, 0.1) is 0 Å². The first kappa shape index (κ1) is 12.8. The van der Waals surface area contributed by atoms with Crippen LogP contribution in [0.3, 0.4) is 0 Å². The molecule has 90 valence electrons. The second-order valence-corrected chi connectivity index (χ2v) is 3.11. The Balaban J connectivity index is 2.74. The van der Waals surface area contributed by atoms with E-state index >= 15 is 0 Å². The van der Waals surface area contributed by atoms with Gasteiger partial charge in [-0.3, -0.25) is 0 Å². The van der Waals surface area contributed by atoms with Gasteiger partial charge in [-0.05, 0) is 17.7 Å². The third-order valence-corrected chi connectivity index (χ3v) is 1.84. The second-order valence-electron chi connectivity index (χ2n) is 3.11. The lowest BCUT2D eigenvalue weighted by Crippen LogP contribution is -2.04. The van der Waals surface area contributed by atoms with E-state index in [1.807, 2.05) is 0 Å². The molecular weight excluding hydrogens is 212 g/mol. The molecule has 5 nitrogen and oxygen atoms in total. The molecule has 1 aromatic rings. The number of ether oxygens (including phenoxy) is 2. The van der Waals surface area contributed by atoms with Gasteiger partial charge < -0.3 is 24.8 Å². The topological polar surface area (TPSA) is 79.2 Å². The fourth-order valence-electron chi connectivity index (χ4n) is 1.22. The molecule has 0 aliphatic rings. The first-order valence-corrected chi connectivity index (χ1v) is 5.02. The summed E-state index contributed by atoms with van der Waals surface area (Å²) in [5, 5.41) is 26.3. The van der Waals surface area contributed by atoms with E-state index in [4.69, 9.17) is 24.8 Å². The maximum absolute atomic E-state index is 9.03. The first-order valence-electron chi connectivity index (χ1n) is 5.02. The van der Waals surface area contributed by atoms with Crippen LogP contribution in [0.15, 0.2) is 18.2 Å². The van der Waals surface area contributed by atoms with E-state index in [9.17, 15) is 0 Å². The van der Waals surface area contributed by atoms with Gasteiger partial charge in [0.2, 0.25) is 0 Å². The molecule has 0 spiro atoms. The minimum Gasteiger partial charge on any atom is -0.491 e. The Morgan fingerprint density at radius 2 is 1.31 bits per heavy atom. The maximum Gasteiger partial charge on any atom is 0.123 e. The van der Waals surface area contributed by atoms with E-state index in [1.54, 1.807) is 18.2 Å². The number of hydrogen-bond donors (Lipinski definition) is 3. The molecule has 0 aliphatic heterocycles. The summed E-state index contributed by atoms with van der Waals surface area (Å²) < 4.78 is 10.4. The minimum absolute atomic E-state index is 0.0732. The summed E-state index contributed by atoms with van der Waals surface area (Å²) in [4.78, 5) is 0. The van der Waals surface area contributed by atoms with Crippen LogP contribution in [0.4, 0.5) is 0 Å². The van der Waals surface area contributed by atoms with Gasteiger partial charge in [0.05, 0.1) is 19.8 Å². The Bertz CT molecular complexity index is 287. The number of aliphatic hydroxyl groups excluding tert-OH is 3. The summed E-state index contributed by atoms with van der Waals surface area (Å²) >= 11 is 0. The van der Waals surface area contributed by atoms with Crippen LogP contribution < -0.4 is 9.47 Å². The smallest absolute Gasteiger partial charge is 0.123 e. The molecule has 3 N–H and O–H groups in total. The standard InChI is InChI=1S/C11H16O5/c12-1-3-15-10-5-9(8-14)6-11(7-10)16-4-2-13/h5-7,12-14H,1-4,8H2. The van der Waals surface area contributed by atoms with Gasteiger partial charge in [-0.15, -0.1) is 0 Å². The molecule has 16 heavy (non-hydrogen) atoms. The van der Waals surface area contributed by atoms with Crippen molar-refractivity contribution in [3.8, 4) is 11.5 Å². The quantitative estimate of drug-likeness (QED) is 0.608. The summed E-state index contributed by atoms with van der Waals surface area (Å²) in [5.41, 5.74) is 0.656. The fourth-order valence-corrected chi connectivity index (χ4v) is 1.22. The van der Waals surface area contributed by atoms with E-state index in [0.717, 1.165) is 0 Å². The van der Waals surface area contributed by atoms with Crippen LogP contribution in [0.2, 0.25) is 0 Å². The number of hydrogen-bond acceptors (Lipinski definition) is 5. The second kappa shape index (κ2) is 7.05. The molecule has 0 aliphatic carbocycles. The predicted octanol–water partition coefficient (Wildman–Crippen LogP) is -0.0789. The van der Waals surface area contributed by atoms with Crippen LogP contribution >= 0.6 is 0 Å². The molecule has 0 amide bonds. The Kier molecular flexibility index (Phi) is 5.63. The molecule has 0 saturated heterocycles. The van der Waals surface area contributed by atoms with E-state index in [1.165, 1.54) is 0 Å². The minimum atomic E-state index is -0.119. The van der Waals surface area contributed by atoms with E-state index in [-0.39, 0.29) is 33.0 Å². The number of aliphatic hydroxyl groups is 3. The molecule has 0 aromatic heterocycles. The van der Waals surface area contributed by atoms with Gasteiger partial charge in [-0.25, -0.2) is 0 Å². The van der Waals surface area contributed by atoms with Crippen LogP contribution in [0.1, 0.15) is 5.56 Å². The highest BCUT2D eigenvalue weighted by Crippen LogP contribution is 2.23. The highest BCUT2D eigenvalue weighted by molar-refractivity contribution is 5.38. The Hall–Kier alpha value is -1.30. The summed E-state index contributed by atoms with van der Waals surface area (Å²) in [7, 11) is 0. The summed E-state index contributed by atoms with van der Waals surface area (Å²) in [6, 6.07) is 4.98. The molecule has 0 radical (unpaired) electrons. The molecule has 0 heterocycles. The van der Waals surface area contributed by atoms with Gasteiger partial charge in [0, 0.05) is 6.07 Å². The van der Waals surface area contributed by atoms with Gasteiger partial charge in [-0.1, -0.05) is 0 Å². The fraction of sp³-hybridized carbons (Fsp3) is 0.455. The molecule has 0 saturated carbocycles. The molecule has 0 unspecified atom stereocenters. The van der Waals surface area contributed by atoms with Crippen LogP contribution in [-0.2, 0) is 6.61 Å². The molecule has 0 atom stereocenters. The molecule has 0 fully saturated rings. The molecule has 1 rings (SSSR count). The van der Waals surface area contributed by atoms with Gasteiger partial charge in [0.25, 0.3) is 0 Å². The van der Waals surface area contributed by atoms with E-state index in [2.05, 4.69) is 0 Å². The molecule has 1 aromatic carbocycles. The Morgan fingerprint density at radius 1 is 0.812 bits per heavy atom. The largest absolute Gasteiger partial charge is 0.491 e. The van der Waals surface area contributed by atoms with Gasteiger partial charge in [-0.2, -0.15) is 0 Å². The van der Waals surface area contributed by atoms with Crippen molar-refractivity contribution < 1.29 is 24.8 Å². The monoisotopic (exact) mass is 228 g/mol. The van der Waals surface area contributed by atoms with Crippen molar-refractivity contribution in [1.29, 1.82) is 0 Å². The van der Waals surface area contributed by atoms with Gasteiger partial charge >= 0.3 is 0 Å². The Labute approximate surface area is 93.9 Å². The van der Waals surface area contributed by atoms with Crippen molar-refractivity contribution in [3.05, 3.63) is 23.8 Å². The number of rotatable bonds is 7. The first-order chi connectivity index (χ1) is 7.80. The number of benzene rings is 1. The zero-order valence-corrected chi connectivity index (χ0v) is 8.93. The van der Waals surface area contributed by atoms with E-state index < -0.39 is 0 Å². The van der Waals surface area contributed by atoms with Crippen LogP contribution in [0.25, 0.3) is 0 Å². The Morgan fingerprint density at radius 3 is 1.69 bits per heavy atom. The van der Waals surface area contributed by atoms with Gasteiger partial charge in [0.1, 0.15) is 24.7 Å². The average Bonchev–Trinajstić information content (AvgIpc) is 2.33. The zero-order valence-electron chi connectivity index (χ0n) is 8.93. The molecule has 0 bridgehead atoms. The molecule has 5 heteroatoms. The third-order valence-electron chi connectivity index (χ3n) is 1.84.